The number of likely N-dealkylation sites (tertiary alicyclic amines) is 1. The number of ether oxygens (including phenoxy) is 3. The normalized spacial score (nSPS) is 17.0. The molecule has 1 atom stereocenters. The van der Waals surface area contributed by atoms with Gasteiger partial charge in [0.15, 0.2) is 18.1 Å². The van der Waals surface area contributed by atoms with E-state index in [2.05, 4.69) is 6.92 Å². The number of amides is 1. The molecule has 0 N–H and O–H groups in total. The highest BCUT2D eigenvalue weighted by atomic mass is 16.5. The zero-order valence-corrected chi connectivity index (χ0v) is 16.4. The molecule has 0 aromatic heterocycles. The van der Waals surface area contributed by atoms with Crippen molar-refractivity contribution in [2.45, 2.75) is 45.6 Å². The van der Waals surface area contributed by atoms with Crippen molar-refractivity contribution in [1.82, 2.24) is 4.90 Å². The average molecular weight is 375 g/mol. The van der Waals surface area contributed by atoms with Gasteiger partial charge in [0.2, 0.25) is 0 Å². The Labute approximate surface area is 161 Å². The molecule has 1 aliphatic rings. The van der Waals surface area contributed by atoms with E-state index < -0.39 is 5.97 Å². The molecule has 148 valence electrons. The summed E-state index contributed by atoms with van der Waals surface area (Å²) in [6.45, 7) is 5.05. The predicted molar refractivity (Wildman–Crippen MR) is 104 cm³/mol. The fourth-order valence-electron chi connectivity index (χ4n) is 3.24. The zero-order valence-electron chi connectivity index (χ0n) is 16.4. The molecule has 1 aromatic rings. The van der Waals surface area contributed by atoms with Crippen LogP contribution in [0.25, 0.3) is 6.08 Å². The van der Waals surface area contributed by atoms with E-state index in [4.69, 9.17) is 14.2 Å². The molecular formula is C21H29NO5. The van der Waals surface area contributed by atoms with Gasteiger partial charge in [0.05, 0.1) is 13.7 Å². The van der Waals surface area contributed by atoms with Crippen molar-refractivity contribution in [3.05, 3.63) is 29.8 Å². The van der Waals surface area contributed by atoms with Gasteiger partial charge in [0, 0.05) is 18.7 Å². The Morgan fingerprint density at radius 3 is 2.74 bits per heavy atom. The molecule has 0 bridgehead atoms. The van der Waals surface area contributed by atoms with Crippen molar-refractivity contribution < 1.29 is 23.8 Å². The summed E-state index contributed by atoms with van der Waals surface area (Å²) in [7, 11) is 1.56. The van der Waals surface area contributed by atoms with E-state index in [-0.39, 0.29) is 18.6 Å². The summed E-state index contributed by atoms with van der Waals surface area (Å²) in [5.74, 6) is 0.586. The first kappa shape index (κ1) is 20.8. The number of esters is 1. The number of methoxy groups -OCH3 is 1. The van der Waals surface area contributed by atoms with Gasteiger partial charge in [-0.3, -0.25) is 4.79 Å². The van der Waals surface area contributed by atoms with E-state index in [1.165, 1.54) is 6.08 Å². The highest BCUT2D eigenvalue weighted by molar-refractivity contribution is 5.89. The third-order valence-electron chi connectivity index (χ3n) is 4.66. The van der Waals surface area contributed by atoms with Gasteiger partial charge in [-0.15, -0.1) is 0 Å². The maximum absolute atomic E-state index is 12.3. The molecule has 1 heterocycles. The van der Waals surface area contributed by atoms with Crippen LogP contribution < -0.4 is 9.47 Å². The highest BCUT2D eigenvalue weighted by Crippen LogP contribution is 2.28. The summed E-state index contributed by atoms with van der Waals surface area (Å²) in [6, 6.07) is 5.65. The van der Waals surface area contributed by atoms with Crippen LogP contribution in [0.2, 0.25) is 0 Å². The van der Waals surface area contributed by atoms with Crippen LogP contribution in [0.5, 0.6) is 11.5 Å². The van der Waals surface area contributed by atoms with Gasteiger partial charge in [-0.25, -0.2) is 4.79 Å². The lowest BCUT2D eigenvalue weighted by Crippen LogP contribution is -2.45. The summed E-state index contributed by atoms with van der Waals surface area (Å²) >= 11 is 0. The molecule has 0 saturated carbocycles. The van der Waals surface area contributed by atoms with Crippen molar-refractivity contribution in [2.75, 3.05) is 26.9 Å². The smallest absolute Gasteiger partial charge is 0.331 e. The fourth-order valence-corrected chi connectivity index (χ4v) is 3.24. The van der Waals surface area contributed by atoms with Crippen LogP contribution in [0, 0.1) is 0 Å². The first-order valence-corrected chi connectivity index (χ1v) is 9.54. The van der Waals surface area contributed by atoms with E-state index >= 15 is 0 Å². The van der Waals surface area contributed by atoms with Crippen LogP contribution in [0.3, 0.4) is 0 Å². The number of rotatable bonds is 8. The lowest BCUT2D eigenvalue weighted by atomic mass is 10.00. The number of carbonyl (C=O) groups is 2. The number of carbonyl (C=O) groups excluding carboxylic acids is 2. The second-order valence-corrected chi connectivity index (χ2v) is 6.43. The first-order chi connectivity index (χ1) is 13.1. The molecule has 2 rings (SSSR count). The van der Waals surface area contributed by atoms with Crippen LogP contribution in [0.1, 0.15) is 45.1 Å². The van der Waals surface area contributed by atoms with E-state index in [1.54, 1.807) is 25.3 Å². The average Bonchev–Trinajstić information content (AvgIpc) is 2.71. The molecule has 1 aromatic carbocycles. The lowest BCUT2D eigenvalue weighted by Gasteiger charge is -2.35. The number of piperidine rings is 1. The molecule has 0 spiro atoms. The standard InChI is InChI=1S/C21H29NO5/c1-4-17-8-6-7-13-22(17)20(23)15-27-21(24)12-10-16-9-11-18(26-5-2)19(14-16)25-3/h9-12,14,17H,4-8,13,15H2,1-3H3/b12-10+. The van der Waals surface area contributed by atoms with Gasteiger partial charge in [0.1, 0.15) is 0 Å². The Kier molecular flexibility index (Phi) is 8.17. The van der Waals surface area contributed by atoms with Crippen LogP contribution in [-0.2, 0) is 14.3 Å². The van der Waals surface area contributed by atoms with Crippen molar-refractivity contribution in [3.63, 3.8) is 0 Å². The van der Waals surface area contributed by atoms with Gasteiger partial charge in [-0.05, 0) is 56.4 Å². The quantitative estimate of drug-likeness (QED) is 0.514. The Hall–Kier alpha value is -2.50. The lowest BCUT2D eigenvalue weighted by molar-refractivity contribution is -0.150. The molecule has 1 unspecified atom stereocenters. The SMILES string of the molecule is CCOc1ccc(/C=C/C(=O)OCC(=O)N2CCCCC2CC)cc1OC. The van der Waals surface area contributed by atoms with E-state index in [1.807, 2.05) is 17.9 Å². The second-order valence-electron chi connectivity index (χ2n) is 6.43. The molecule has 6 nitrogen and oxygen atoms in total. The summed E-state index contributed by atoms with van der Waals surface area (Å²) in [6.07, 6.45) is 7.05. The summed E-state index contributed by atoms with van der Waals surface area (Å²) < 4.78 is 15.9. The van der Waals surface area contributed by atoms with E-state index in [0.29, 0.717) is 18.1 Å². The van der Waals surface area contributed by atoms with Gasteiger partial charge >= 0.3 is 5.97 Å². The highest BCUT2D eigenvalue weighted by Gasteiger charge is 2.25. The fraction of sp³-hybridized carbons (Fsp3) is 0.524. The molecule has 1 amide bonds. The monoisotopic (exact) mass is 375 g/mol. The largest absolute Gasteiger partial charge is 0.493 e. The molecule has 1 aliphatic heterocycles. The molecule has 27 heavy (non-hydrogen) atoms. The number of hydrogen-bond acceptors (Lipinski definition) is 5. The van der Waals surface area contributed by atoms with Crippen molar-refractivity contribution in [1.29, 1.82) is 0 Å². The predicted octanol–water partition coefficient (Wildman–Crippen LogP) is 3.44. The van der Waals surface area contributed by atoms with Gasteiger partial charge < -0.3 is 19.1 Å². The van der Waals surface area contributed by atoms with Crippen molar-refractivity contribution in [3.8, 4) is 11.5 Å². The van der Waals surface area contributed by atoms with Crippen molar-refractivity contribution >= 4 is 18.0 Å². The van der Waals surface area contributed by atoms with E-state index in [9.17, 15) is 9.59 Å². The minimum absolute atomic E-state index is 0.119. The molecule has 1 fully saturated rings. The van der Waals surface area contributed by atoms with Crippen molar-refractivity contribution in [2.24, 2.45) is 0 Å². The Morgan fingerprint density at radius 1 is 1.22 bits per heavy atom. The second kappa shape index (κ2) is 10.6. The summed E-state index contributed by atoms with van der Waals surface area (Å²) in [5.41, 5.74) is 0.778. The zero-order chi connectivity index (χ0) is 19.6. The van der Waals surface area contributed by atoms with Gasteiger partial charge in [0.25, 0.3) is 5.91 Å². The minimum atomic E-state index is -0.541. The molecule has 6 heteroatoms. The number of nitrogens with zero attached hydrogens (tertiary/aromatic N) is 1. The minimum Gasteiger partial charge on any atom is -0.493 e. The van der Waals surface area contributed by atoms with Gasteiger partial charge in [-0.2, -0.15) is 0 Å². The Balaban J connectivity index is 1.88. The van der Waals surface area contributed by atoms with Crippen LogP contribution in [0.15, 0.2) is 24.3 Å². The first-order valence-electron chi connectivity index (χ1n) is 9.54. The maximum atomic E-state index is 12.3. The van der Waals surface area contributed by atoms with Crippen LogP contribution in [0.4, 0.5) is 0 Å². The topological polar surface area (TPSA) is 65.1 Å². The molecular weight excluding hydrogens is 346 g/mol. The third kappa shape index (κ3) is 6.01. The van der Waals surface area contributed by atoms with Crippen LogP contribution >= 0.6 is 0 Å². The number of benzene rings is 1. The molecule has 0 radical (unpaired) electrons. The number of hydrogen-bond donors (Lipinski definition) is 0. The van der Waals surface area contributed by atoms with E-state index in [0.717, 1.165) is 37.8 Å². The Bertz CT molecular complexity index is 671. The third-order valence-corrected chi connectivity index (χ3v) is 4.66. The summed E-state index contributed by atoms with van der Waals surface area (Å²) in [4.78, 5) is 26.1. The maximum Gasteiger partial charge on any atom is 0.331 e. The summed E-state index contributed by atoms with van der Waals surface area (Å²) in [5, 5.41) is 0. The van der Waals surface area contributed by atoms with Gasteiger partial charge in [-0.1, -0.05) is 13.0 Å². The van der Waals surface area contributed by atoms with Crippen LogP contribution in [-0.4, -0.2) is 49.7 Å². The molecule has 0 aliphatic carbocycles. The Morgan fingerprint density at radius 2 is 2.04 bits per heavy atom. The molecule has 1 saturated heterocycles.